The number of benzene rings is 2. The van der Waals surface area contributed by atoms with Crippen LogP contribution >= 0.6 is 0 Å². The highest BCUT2D eigenvalue weighted by molar-refractivity contribution is 5.93. The van der Waals surface area contributed by atoms with Gasteiger partial charge in [-0.1, -0.05) is 12.1 Å². The van der Waals surface area contributed by atoms with E-state index in [1.807, 2.05) is 66.2 Å². The summed E-state index contributed by atoms with van der Waals surface area (Å²) in [6.45, 7) is 1.95. The Morgan fingerprint density at radius 2 is 2.00 bits per heavy atom. The SMILES string of the molecule is COc1ccc(-c2cc(C(=O)NC(C)c3cccc(-n4ccnc4)c3)[nH]n2)cc1. The van der Waals surface area contributed by atoms with Crippen molar-refractivity contribution in [1.29, 1.82) is 0 Å². The molecule has 0 radical (unpaired) electrons. The first-order valence-corrected chi connectivity index (χ1v) is 9.23. The lowest BCUT2D eigenvalue weighted by molar-refractivity contribution is 0.0935. The molecule has 29 heavy (non-hydrogen) atoms. The molecule has 0 spiro atoms. The predicted octanol–water partition coefficient (Wildman–Crippen LogP) is 3.76. The lowest BCUT2D eigenvalue weighted by Crippen LogP contribution is -2.27. The van der Waals surface area contributed by atoms with Crippen LogP contribution in [0.2, 0.25) is 0 Å². The van der Waals surface area contributed by atoms with Gasteiger partial charge in [-0.05, 0) is 55.0 Å². The number of rotatable bonds is 6. The molecule has 0 saturated carbocycles. The number of methoxy groups -OCH3 is 1. The predicted molar refractivity (Wildman–Crippen MR) is 110 cm³/mol. The number of hydrogen-bond acceptors (Lipinski definition) is 4. The zero-order valence-corrected chi connectivity index (χ0v) is 16.2. The van der Waals surface area contributed by atoms with E-state index in [2.05, 4.69) is 20.5 Å². The van der Waals surface area contributed by atoms with Crippen LogP contribution in [0.25, 0.3) is 16.9 Å². The van der Waals surface area contributed by atoms with Gasteiger partial charge < -0.3 is 14.6 Å². The Balaban J connectivity index is 1.47. The average Bonchev–Trinajstić information content (AvgIpc) is 3.46. The molecular weight excluding hydrogens is 366 g/mol. The van der Waals surface area contributed by atoms with Crippen LogP contribution in [-0.2, 0) is 0 Å². The Hall–Kier alpha value is -3.87. The molecule has 0 bridgehead atoms. The Morgan fingerprint density at radius 3 is 2.72 bits per heavy atom. The highest BCUT2D eigenvalue weighted by atomic mass is 16.5. The smallest absolute Gasteiger partial charge is 0.269 e. The monoisotopic (exact) mass is 387 g/mol. The number of carbonyl (C=O) groups is 1. The highest BCUT2D eigenvalue weighted by Crippen LogP contribution is 2.22. The molecule has 1 unspecified atom stereocenters. The van der Waals surface area contributed by atoms with E-state index in [0.29, 0.717) is 11.4 Å². The molecule has 146 valence electrons. The summed E-state index contributed by atoms with van der Waals surface area (Å²) in [5.74, 6) is 0.562. The number of amides is 1. The largest absolute Gasteiger partial charge is 0.497 e. The topological polar surface area (TPSA) is 84.8 Å². The molecule has 0 saturated heterocycles. The van der Waals surface area contributed by atoms with Crippen molar-refractivity contribution in [2.75, 3.05) is 7.11 Å². The van der Waals surface area contributed by atoms with Crippen LogP contribution in [-0.4, -0.2) is 32.8 Å². The standard InChI is InChI=1S/C22H21N5O2/c1-15(17-4-3-5-18(12-17)27-11-10-23-14-27)24-22(28)21-13-20(25-26-21)16-6-8-19(29-2)9-7-16/h3-15H,1-2H3,(H,24,28)(H,25,26). The molecule has 0 aliphatic heterocycles. The van der Waals surface area contributed by atoms with Gasteiger partial charge in [-0.25, -0.2) is 4.98 Å². The molecule has 1 atom stereocenters. The van der Waals surface area contributed by atoms with Gasteiger partial charge in [0.25, 0.3) is 5.91 Å². The van der Waals surface area contributed by atoms with Crippen molar-refractivity contribution < 1.29 is 9.53 Å². The van der Waals surface area contributed by atoms with Crippen LogP contribution in [0.3, 0.4) is 0 Å². The van der Waals surface area contributed by atoms with Gasteiger partial charge in [-0.15, -0.1) is 0 Å². The molecule has 0 aliphatic carbocycles. The van der Waals surface area contributed by atoms with Gasteiger partial charge in [0.1, 0.15) is 11.4 Å². The minimum atomic E-state index is -0.210. The minimum absolute atomic E-state index is 0.168. The van der Waals surface area contributed by atoms with E-state index in [0.717, 1.165) is 22.6 Å². The van der Waals surface area contributed by atoms with Crippen molar-refractivity contribution in [2.45, 2.75) is 13.0 Å². The van der Waals surface area contributed by atoms with Crippen LogP contribution < -0.4 is 10.1 Å². The van der Waals surface area contributed by atoms with E-state index >= 15 is 0 Å². The average molecular weight is 387 g/mol. The second kappa shape index (κ2) is 8.02. The summed E-state index contributed by atoms with van der Waals surface area (Å²) in [6, 6.07) is 17.1. The normalized spacial score (nSPS) is 11.8. The maximum Gasteiger partial charge on any atom is 0.269 e. The quantitative estimate of drug-likeness (QED) is 0.528. The number of aromatic nitrogens is 4. The fourth-order valence-corrected chi connectivity index (χ4v) is 3.07. The van der Waals surface area contributed by atoms with Crippen molar-refractivity contribution in [2.24, 2.45) is 0 Å². The fourth-order valence-electron chi connectivity index (χ4n) is 3.07. The summed E-state index contributed by atoms with van der Waals surface area (Å²) in [5, 5.41) is 10.1. The molecule has 0 fully saturated rings. The van der Waals surface area contributed by atoms with Crippen molar-refractivity contribution in [3.8, 4) is 22.7 Å². The van der Waals surface area contributed by atoms with E-state index in [4.69, 9.17) is 4.74 Å². The Labute approximate surface area is 168 Å². The number of aromatic amines is 1. The third kappa shape index (κ3) is 4.03. The third-order valence-corrected chi connectivity index (χ3v) is 4.73. The number of ether oxygens (including phenoxy) is 1. The van der Waals surface area contributed by atoms with Gasteiger partial charge in [0, 0.05) is 23.6 Å². The molecule has 2 heterocycles. The Morgan fingerprint density at radius 1 is 1.17 bits per heavy atom. The van der Waals surface area contributed by atoms with Gasteiger partial charge in [-0.2, -0.15) is 5.10 Å². The second-order valence-electron chi connectivity index (χ2n) is 6.66. The maximum absolute atomic E-state index is 12.7. The lowest BCUT2D eigenvalue weighted by Gasteiger charge is -2.15. The van der Waals surface area contributed by atoms with Crippen molar-refractivity contribution in [1.82, 2.24) is 25.1 Å². The summed E-state index contributed by atoms with van der Waals surface area (Å²) in [5.41, 5.74) is 4.01. The summed E-state index contributed by atoms with van der Waals surface area (Å²) >= 11 is 0. The van der Waals surface area contributed by atoms with Crippen LogP contribution in [0.1, 0.15) is 29.0 Å². The maximum atomic E-state index is 12.7. The van der Waals surface area contributed by atoms with Crippen molar-refractivity contribution in [3.63, 3.8) is 0 Å². The number of H-pyrrole nitrogens is 1. The molecule has 1 amide bonds. The molecule has 4 aromatic rings. The van der Waals surface area contributed by atoms with Gasteiger partial charge >= 0.3 is 0 Å². The first-order valence-electron chi connectivity index (χ1n) is 9.23. The lowest BCUT2D eigenvalue weighted by atomic mass is 10.1. The van der Waals surface area contributed by atoms with E-state index in [1.165, 1.54) is 0 Å². The third-order valence-electron chi connectivity index (χ3n) is 4.73. The van der Waals surface area contributed by atoms with E-state index in [1.54, 1.807) is 25.7 Å². The number of imidazole rings is 1. The summed E-state index contributed by atoms with van der Waals surface area (Å²) in [7, 11) is 1.62. The first kappa shape index (κ1) is 18.5. The number of carbonyl (C=O) groups excluding carboxylic acids is 1. The molecule has 0 aliphatic rings. The zero-order valence-electron chi connectivity index (χ0n) is 16.2. The van der Waals surface area contributed by atoms with Crippen molar-refractivity contribution in [3.05, 3.63) is 84.6 Å². The Kier molecular flexibility index (Phi) is 5.11. The van der Waals surface area contributed by atoms with E-state index in [-0.39, 0.29) is 11.9 Å². The fraction of sp³-hybridized carbons (Fsp3) is 0.136. The molecule has 2 N–H and O–H groups in total. The molecule has 4 rings (SSSR count). The van der Waals surface area contributed by atoms with Gasteiger partial charge in [-0.3, -0.25) is 9.89 Å². The number of nitrogens with zero attached hydrogens (tertiary/aromatic N) is 3. The van der Waals surface area contributed by atoms with Crippen LogP contribution in [0, 0.1) is 0 Å². The summed E-state index contributed by atoms with van der Waals surface area (Å²) < 4.78 is 7.09. The molecule has 2 aromatic carbocycles. The van der Waals surface area contributed by atoms with Crippen LogP contribution in [0.4, 0.5) is 0 Å². The molecule has 7 nitrogen and oxygen atoms in total. The van der Waals surface area contributed by atoms with Crippen LogP contribution in [0.15, 0.2) is 73.3 Å². The first-order chi connectivity index (χ1) is 14.1. The van der Waals surface area contributed by atoms with Gasteiger partial charge in [0.2, 0.25) is 0 Å². The van der Waals surface area contributed by atoms with Crippen molar-refractivity contribution >= 4 is 5.91 Å². The summed E-state index contributed by atoms with van der Waals surface area (Å²) in [4.78, 5) is 16.7. The van der Waals surface area contributed by atoms with E-state index in [9.17, 15) is 4.79 Å². The molecule has 7 heteroatoms. The summed E-state index contributed by atoms with van der Waals surface area (Å²) in [6.07, 6.45) is 5.36. The number of nitrogens with one attached hydrogen (secondary N) is 2. The van der Waals surface area contributed by atoms with E-state index < -0.39 is 0 Å². The minimum Gasteiger partial charge on any atom is -0.497 e. The number of hydrogen-bond donors (Lipinski definition) is 2. The zero-order chi connectivity index (χ0) is 20.2. The highest BCUT2D eigenvalue weighted by Gasteiger charge is 2.15. The molecule has 2 aromatic heterocycles. The van der Waals surface area contributed by atoms with Crippen LogP contribution in [0.5, 0.6) is 5.75 Å². The Bertz CT molecular complexity index is 1100. The van der Waals surface area contributed by atoms with Gasteiger partial charge in [0.05, 0.1) is 25.2 Å². The molecular formula is C22H21N5O2. The second-order valence-corrected chi connectivity index (χ2v) is 6.66. The van der Waals surface area contributed by atoms with Gasteiger partial charge in [0.15, 0.2) is 0 Å².